The van der Waals surface area contributed by atoms with E-state index in [9.17, 15) is 22.4 Å². The molecule has 0 aromatic carbocycles. The smallest absolute Gasteiger partial charge is 0.462 e. The van der Waals surface area contributed by atoms with Crippen LogP contribution in [0.25, 0.3) is 0 Å². The molecule has 0 N–H and O–H groups in total. The van der Waals surface area contributed by atoms with Crippen molar-refractivity contribution in [3.05, 3.63) is 23.3 Å². The van der Waals surface area contributed by atoms with E-state index in [-0.39, 0.29) is 18.2 Å². The number of nitrogens with zero attached hydrogens (tertiary/aromatic N) is 1. The number of pyridine rings is 1. The fourth-order valence-corrected chi connectivity index (χ4v) is 1.42. The maximum atomic E-state index is 13.8. The Morgan fingerprint density at radius 1 is 1.47 bits per heavy atom. The molecule has 106 valence electrons. The summed E-state index contributed by atoms with van der Waals surface area (Å²) in [6.45, 7) is 1.38. The summed E-state index contributed by atoms with van der Waals surface area (Å²) < 4.78 is 57.8. The fraction of sp³-hybridized carbons (Fsp3) is 0.400. The van der Waals surface area contributed by atoms with Gasteiger partial charge in [0.2, 0.25) is 0 Å². The molecule has 0 saturated carbocycles. The quantitative estimate of drug-likeness (QED) is 0.487. The van der Waals surface area contributed by atoms with Gasteiger partial charge < -0.3 is 9.47 Å². The van der Waals surface area contributed by atoms with Gasteiger partial charge >= 0.3 is 12.3 Å². The van der Waals surface area contributed by atoms with E-state index in [1.54, 1.807) is 0 Å². The molecule has 9 heteroatoms. The van der Waals surface area contributed by atoms with E-state index in [0.717, 1.165) is 0 Å². The molecule has 0 aliphatic heterocycles. The molecule has 0 fully saturated rings. The standard InChI is InChI=1S/C10H8ClF4NO3/c1-2-18-9(17)7-5(3-11)16-4-6(8(7)12)19-10(13,14)15/h4H,2-3H2,1H3. The Balaban J connectivity index is 3.25. The minimum atomic E-state index is -5.10. The number of hydrogen-bond acceptors (Lipinski definition) is 4. The van der Waals surface area contributed by atoms with Gasteiger partial charge in [0.15, 0.2) is 11.6 Å². The third kappa shape index (κ3) is 3.95. The van der Waals surface area contributed by atoms with Crippen LogP contribution >= 0.6 is 11.6 Å². The molecule has 0 radical (unpaired) electrons. The van der Waals surface area contributed by atoms with Gasteiger partial charge in [0.25, 0.3) is 0 Å². The molecule has 1 aromatic heterocycles. The van der Waals surface area contributed by atoms with Crippen LogP contribution in [0.15, 0.2) is 6.20 Å². The molecular formula is C10H8ClF4NO3. The fourth-order valence-electron chi connectivity index (χ4n) is 1.22. The second-order valence-corrected chi connectivity index (χ2v) is 3.43. The predicted molar refractivity (Wildman–Crippen MR) is 56.4 cm³/mol. The third-order valence-corrected chi connectivity index (χ3v) is 2.15. The number of hydrogen-bond donors (Lipinski definition) is 0. The number of alkyl halides is 4. The van der Waals surface area contributed by atoms with Crippen molar-refractivity contribution in [2.45, 2.75) is 19.2 Å². The maximum Gasteiger partial charge on any atom is 0.573 e. The SMILES string of the molecule is CCOC(=O)c1c(CCl)ncc(OC(F)(F)F)c1F. The molecule has 0 bridgehead atoms. The summed E-state index contributed by atoms with van der Waals surface area (Å²) >= 11 is 5.43. The second-order valence-electron chi connectivity index (χ2n) is 3.16. The molecule has 1 aromatic rings. The van der Waals surface area contributed by atoms with Crippen LogP contribution in [0.4, 0.5) is 17.6 Å². The van der Waals surface area contributed by atoms with Gasteiger partial charge in [-0.1, -0.05) is 0 Å². The van der Waals surface area contributed by atoms with Crippen LogP contribution in [0.1, 0.15) is 23.0 Å². The largest absolute Gasteiger partial charge is 0.573 e. The molecule has 0 atom stereocenters. The number of carbonyl (C=O) groups is 1. The summed E-state index contributed by atoms with van der Waals surface area (Å²) in [6, 6.07) is 0. The Morgan fingerprint density at radius 3 is 2.58 bits per heavy atom. The van der Waals surface area contributed by atoms with Crippen molar-refractivity contribution in [3.63, 3.8) is 0 Å². The maximum absolute atomic E-state index is 13.8. The van der Waals surface area contributed by atoms with Crippen LogP contribution in [-0.4, -0.2) is 23.9 Å². The van der Waals surface area contributed by atoms with Crippen molar-refractivity contribution < 1.29 is 31.8 Å². The van der Waals surface area contributed by atoms with Crippen LogP contribution in [0.5, 0.6) is 5.75 Å². The van der Waals surface area contributed by atoms with Gasteiger partial charge in [-0.05, 0) is 6.92 Å². The average molecular weight is 302 g/mol. The van der Waals surface area contributed by atoms with E-state index in [4.69, 9.17) is 11.6 Å². The van der Waals surface area contributed by atoms with Crippen LogP contribution in [-0.2, 0) is 10.6 Å². The summed E-state index contributed by atoms with van der Waals surface area (Å²) in [5.74, 6) is -4.25. The monoisotopic (exact) mass is 301 g/mol. The normalized spacial score (nSPS) is 11.3. The Bertz CT molecular complexity index is 479. The lowest BCUT2D eigenvalue weighted by Crippen LogP contribution is -2.20. The lowest BCUT2D eigenvalue weighted by molar-refractivity contribution is -0.275. The zero-order valence-corrected chi connectivity index (χ0v) is 10.3. The Labute approximate surface area is 110 Å². The van der Waals surface area contributed by atoms with E-state index >= 15 is 0 Å². The van der Waals surface area contributed by atoms with Gasteiger partial charge in [0.1, 0.15) is 5.56 Å². The average Bonchev–Trinajstić information content (AvgIpc) is 2.30. The van der Waals surface area contributed by atoms with Crippen LogP contribution < -0.4 is 4.74 Å². The van der Waals surface area contributed by atoms with Gasteiger partial charge in [0, 0.05) is 0 Å². The third-order valence-electron chi connectivity index (χ3n) is 1.89. The van der Waals surface area contributed by atoms with Crippen LogP contribution in [0.2, 0.25) is 0 Å². The minimum absolute atomic E-state index is 0.0790. The van der Waals surface area contributed by atoms with Gasteiger partial charge in [-0.3, -0.25) is 4.98 Å². The summed E-state index contributed by atoms with van der Waals surface area (Å²) in [4.78, 5) is 14.9. The Hall–Kier alpha value is -1.57. The van der Waals surface area contributed by atoms with Crippen molar-refractivity contribution in [2.24, 2.45) is 0 Å². The highest BCUT2D eigenvalue weighted by atomic mass is 35.5. The molecule has 0 spiro atoms. The van der Waals surface area contributed by atoms with Gasteiger partial charge in [0.05, 0.1) is 24.4 Å². The molecular weight excluding hydrogens is 294 g/mol. The zero-order chi connectivity index (χ0) is 14.6. The molecule has 0 amide bonds. The number of esters is 1. The Kier molecular flexibility index (Phi) is 4.93. The topological polar surface area (TPSA) is 48.4 Å². The molecule has 1 rings (SSSR count). The van der Waals surface area contributed by atoms with E-state index in [1.807, 2.05) is 0 Å². The molecule has 4 nitrogen and oxygen atoms in total. The van der Waals surface area contributed by atoms with Gasteiger partial charge in [-0.2, -0.15) is 0 Å². The van der Waals surface area contributed by atoms with Crippen molar-refractivity contribution in [2.75, 3.05) is 6.61 Å². The molecule has 0 aliphatic carbocycles. The first-order valence-electron chi connectivity index (χ1n) is 4.96. The molecule has 0 unspecified atom stereocenters. The van der Waals surface area contributed by atoms with E-state index < -0.39 is 29.5 Å². The van der Waals surface area contributed by atoms with E-state index in [1.165, 1.54) is 6.92 Å². The highest BCUT2D eigenvalue weighted by molar-refractivity contribution is 6.17. The first kappa shape index (κ1) is 15.5. The summed E-state index contributed by atoms with van der Waals surface area (Å²) in [5.41, 5.74) is -0.995. The molecule has 1 heterocycles. The number of carbonyl (C=O) groups excluding carboxylic acids is 1. The van der Waals surface area contributed by atoms with Crippen LogP contribution in [0.3, 0.4) is 0 Å². The van der Waals surface area contributed by atoms with E-state index in [2.05, 4.69) is 14.5 Å². The number of halogens is 5. The van der Waals surface area contributed by atoms with Crippen molar-refractivity contribution >= 4 is 17.6 Å². The first-order valence-corrected chi connectivity index (χ1v) is 5.49. The highest BCUT2D eigenvalue weighted by Crippen LogP contribution is 2.28. The molecule has 0 saturated heterocycles. The van der Waals surface area contributed by atoms with E-state index in [0.29, 0.717) is 6.20 Å². The number of aromatic nitrogens is 1. The zero-order valence-electron chi connectivity index (χ0n) is 9.55. The summed E-state index contributed by atoms with van der Waals surface area (Å²) in [7, 11) is 0. The predicted octanol–water partition coefficient (Wildman–Crippen LogP) is 3.03. The van der Waals surface area contributed by atoms with Crippen molar-refractivity contribution in [3.8, 4) is 5.75 Å². The first-order chi connectivity index (χ1) is 8.80. The number of rotatable bonds is 4. The number of ether oxygens (including phenoxy) is 2. The molecule has 19 heavy (non-hydrogen) atoms. The molecule has 0 aliphatic rings. The van der Waals surface area contributed by atoms with Crippen LogP contribution in [0, 0.1) is 5.82 Å². The lowest BCUT2D eigenvalue weighted by Gasteiger charge is -2.13. The Morgan fingerprint density at radius 2 is 2.11 bits per heavy atom. The lowest BCUT2D eigenvalue weighted by atomic mass is 10.2. The minimum Gasteiger partial charge on any atom is -0.462 e. The summed E-state index contributed by atoms with van der Waals surface area (Å²) in [6.07, 6.45) is -4.60. The van der Waals surface area contributed by atoms with Gasteiger partial charge in [-0.15, -0.1) is 24.8 Å². The van der Waals surface area contributed by atoms with Crippen molar-refractivity contribution in [1.29, 1.82) is 0 Å². The second kappa shape index (κ2) is 6.05. The van der Waals surface area contributed by atoms with Crippen molar-refractivity contribution in [1.82, 2.24) is 4.98 Å². The highest BCUT2D eigenvalue weighted by Gasteiger charge is 2.34. The van der Waals surface area contributed by atoms with Gasteiger partial charge in [-0.25, -0.2) is 9.18 Å². The summed E-state index contributed by atoms with van der Waals surface area (Å²) in [5, 5.41) is 0.